The highest BCUT2D eigenvalue weighted by atomic mass is 79.9. The molecule has 0 saturated heterocycles. The Morgan fingerprint density at radius 3 is 2.92 bits per heavy atom. The Balaban J connectivity index is 1.94. The van der Waals surface area contributed by atoms with Gasteiger partial charge in [-0.1, -0.05) is 0 Å². The highest BCUT2D eigenvalue weighted by molar-refractivity contribution is 9.10. The van der Waals surface area contributed by atoms with Gasteiger partial charge in [-0.25, -0.2) is 19.3 Å². The number of halogens is 2. The van der Waals surface area contributed by atoms with Gasteiger partial charge in [-0.3, -0.25) is 0 Å². The summed E-state index contributed by atoms with van der Waals surface area (Å²) < 4.78 is 22.5. The number of aryl methyl sites for hydroxylation is 1. The average molecular weight is 420 g/mol. The standard InChI is InChI=1S/C18H19BrFN5O/c1-26-6-2-5-25-9-12(16-13(20)8-22-18(21)24-16)11-7-14(19)23-15(17(11)25)10-3-4-10/h7-10H,2-6H2,1H3,(H2,21,22,24). The summed E-state index contributed by atoms with van der Waals surface area (Å²) in [6.45, 7) is 1.42. The van der Waals surface area contributed by atoms with Crippen molar-refractivity contribution in [2.24, 2.45) is 0 Å². The van der Waals surface area contributed by atoms with Crippen molar-refractivity contribution in [3.63, 3.8) is 0 Å². The molecule has 0 bridgehead atoms. The molecule has 0 spiro atoms. The minimum atomic E-state index is -0.490. The third kappa shape index (κ3) is 3.19. The second-order valence-electron chi connectivity index (χ2n) is 6.51. The lowest BCUT2D eigenvalue weighted by atomic mass is 10.1. The van der Waals surface area contributed by atoms with Crippen LogP contribution in [0.3, 0.4) is 0 Å². The summed E-state index contributed by atoms with van der Waals surface area (Å²) in [4.78, 5) is 12.6. The number of methoxy groups -OCH3 is 1. The highest BCUT2D eigenvalue weighted by Gasteiger charge is 2.30. The molecule has 1 fully saturated rings. The van der Waals surface area contributed by atoms with Crippen molar-refractivity contribution in [3.05, 3.63) is 34.6 Å². The van der Waals surface area contributed by atoms with Crippen molar-refractivity contribution in [3.8, 4) is 11.3 Å². The van der Waals surface area contributed by atoms with Crippen molar-refractivity contribution < 1.29 is 9.13 Å². The normalized spacial score (nSPS) is 14.3. The van der Waals surface area contributed by atoms with Crippen molar-refractivity contribution in [1.82, 2.24) is 19.5 Å². The zero-order chi connectivity index (χ0) is 18.3. The van der Waals surface area contributed by atoms with Crippen LogP contribution >= 0.6 is 15.9 Å². The number of nitrogens with two attached hydrogens (primary N) is 1. The van der Waals surface area contributed by atoms with Gasteiger partial charge in [-0.15, -0.1) is 0 Å². The van der Waals surface area contributed by atoms with Gasteiger partial charge >= 0.3 is 0 Å². The number of ether oxygens (including phenoxy) is 1. The molecule has 6 nitrogen and oxygen atoms in total. The number of rotatable bonds is 6. The van der Waals surface area contributed by atoms with E-state index in [0.717, 1.165) is 53.2 Å². The third-order valence-corrected chi connectivity index (χ3v) is 4.99. The molecule has 3 aromatic rings. The topological polar surface area (TPSA) is 78.9 Å². The number of nitrogen functional groups attached to an aromatic ring is 1. The molecule has 136 valence electrons. The first kappa shape index (κ1) is 17.4. The largest absolute Gasteiger partial charge is 0.385 e. The van der Waals surface area contributed by atoms with Crippen LogP contribution in [-0.2, 0) is 11.3 Å². The van der Waals surface area contributed by atoms with E-state index in [4.69, 9.17) is 15.5 Å². The Bertz CT molecular complexity index is 970. The van der Waals surface area contributed by atoms with Crippen LogP contribution in [0.2, 0.25) is 0 Å². The molecular formula is C18H19BrFN5O. The second kappa shape index (κ2) is 6.92. The van der Waals surface area contributed by atoms with Crippen LogP contribution in [0.4, 0.5) is 10.3 Å². The van der Waals surface area contributed by atoms with E-state index in [1.807, 2.05) is 12.3 Å². The van der Waals surface area contributed by atoms with Crippen molar-refractivity contribution in [1.29, 1.82) is 0 Å². The average Bonchev–Trinajstić information content (AvgIpc) is 3.40. The van der Waals surface area contributed by atoms with Crippen molar-refractivity contribution in [2.75, 3.05) is 19.5 Å². The van der Waals surface area contributed by atoms with Crippen LogP contribution in [0.5, 0.6) is 0 Å². The molecule has 3 aromatic heterocycles. The number of hydrogen-bond donors (Lipinski definition) is 1. The Morgan fingerprint density at radius 1 is 1.38 bits per heavy atom. The third-order valence-electron chi connectivity index (χ3n) is 4.58. The molecule has 1 saturated carbocycles. The summed E-state index contributed by atoms with van der Waals surface area (Å²) in [6.07, 6.45) is 6.17. The van der Waals surface area contributed by atoms with E-state index in [0.29, 0.717) is 18.1 Å². The summed E-state index contributed by atoms with van der Waals surface area (Å²) in [5, 5.41) is 0.920. The number of pyridine rings is 1. The summed E-state index contributed by atoms with van der Waals surface area (Å²) in [5.41, 5.74) is 8.71. The van der Waals surface area contributed by atoms with E-state index in [1.54, 1.807) is 7.11 Å². The van der Waals surface area contributed by atoms with E-state index in [9.17, 15) is 4.39 Å². The maximum absolute atomic E-state index is 14.4. The second-order valence-corrected chi connectivity index (χ2v) is 7.32. The summed E-state index contributed by atoms with van der Waals surface area (Å²) in [5.74, 6) is 0.0208. The van der Waals surface area contributed by atoms with Gasteiger partial charge in [0.05, 0.1) is 17.4 Å². The van der Waals surface area contributed by atoms with E-state index < -0.39 is 5.82 Å². The van der Waals surface area contributed by atoms with Crippen LogP contribution in [-0.4, -0.2) is 33.2 Å². The fraction of sp³-hybridized carbons (Fsp3) is 0.389. The molecule has 26 heavy (non-hydrogen) atoms. The first-order valence-corrected chi connectivity index (χ1v) is 9.34. The maximum Gasteiger partial charge on any atom is 0.220 e. The molecule has 4 rings (SSSR count). The quantitative estimate of drug-likeness (QED) is 0.484. The van der Waals surface area contributed by atoms with Gasteiger partial charge in [-0.05, 0) is 41.3 Å². The first-order chi connectivity index (χ1) is 12.6. The zero-order valence-electron chi connectivity index (χ0n) is 14.4. The predicted molar refractivity (Wildman–Crippen MR) is 101 cm³/mol. The summed E-state index contributed by atoms with van der Waals surface area (Å²) in [7, 11) is 1.69. The van der Waals surface area contributed by atoms with Crippen LogP contribution in [0.15, 0.2) is 23.1 Å². The summed E-state index contributed by atoms with van der Waals surface area (Å²) in [6, 6.07) is 1.92. The van der Waals surface area contributed by atoms with E-state index >= 15 is 0 Å². The smallest absolute Gasteiger partial charge is 0.220 e. The number of nitrogens with zero attached hydrogens (tertiary/aromatic N) is 4. The van der Waals surface area contributed by atoms with Gasteiger partial charge in [0.2, 0.25) is 5.95 Å². The van der Waals surface area contributed by atoms with E-state index in [2.05, 4.69) is 30.5 Å². The van der Waals surface area contributed by atoms with E-state index in [1.165, 1.54) is 0 Å². The first-order valence-electron chi connectivity index (χ1n) is 8.55. The maximum atomic E-state index is 14.4. The van der Waals surface area contributed by atoms with Gasteiger partial charge in [-0.2, -0.15) is 0 Å². The Kier molecular flexibility index (Phi) is 4.62. The van der Waals surface area contributed by atoms with Gasteiger partial charge in [0.1, 0.15) is 10.3 Å². The SMILES string of the molecule is COCCCn1cc(-c2nc(N)ncc2F)c2cc(Br)nc(C3CC3)c21. The summed E-state index contributed by atoms with van der Waals surface area (Å²) >= 11 is 3.50. The lowest BCUT2D eigenvalue weighted by Crippen LogP contribution is -2.02. The minimum absolute atomic E-state index is 0.0530. The van der Waals surface area contributed by atoms with Crippen molar-refractivity contribution >= 4 is 32.8 Å². The van der Waals surface area contributed by atoms with Crippen molar-refractivity contribution in [2.45, 2.75) is 31.7 Å². The number of anilines is 1. The zero-order valence-corrected chi connectivity index (χ0v) is 16.0. The van der Waals surface area contributed by atoms with Crippen LogP contribution < -0.4 is 5.73 Å². The number of aromatic nitrogens is 4. The Morgan fingerprint density at radius 2 is 2.19 bits per heavy atom. The Labute approximate surface area is 158 Å². The molecule has 1 aliphatic rings. The van der Waals surface area contributed by atoms with Gasteiger partial charge in [0.25, 0.3) is 0 Å². The molecule has 0 unspecified atom stereocenters. The molecular weight excluding hydrogens is 401 g/mol. The Hall–Kier alpha value is -2.06. The van der Waals surface area contributed by atoms with Crippen LogP contribution in [0.25, 0.3) is 22.2 Å². The monoisotopic (exact) mass is 419 g/mol. The van der Waals surface area contributed by atoms with Gasteiger partial charge in [0, 0.05) is 43.3 Å². The molecule has 0 aliphatic heterocycles. The van der Waals surface area contributed by atoms with E-state index in [-0.39, 0.29) is 11.6 Å². The predicted octanol–water partition coefficient (Wildman–Crippen LogP) is 3.89. The molecule has 0 aromatic carbocycles. The van der Waals surface area contributed by atoms with Gasteiger partial charge < -0.3 is 15.0 Å². The molecule has 1 aliphatic carbocycles. The minimum Gasteiger partial charge on any atom is -0.385 e. The number of hydrogen-bond acceptors (Lipinski definition) is 5. The molecule has 0 amide bonds. The molecule has 2 N–H and O–H groups in total. The van der Waals surface area contributed by atoms with Crippen LogP contribution in [0.1, 0.15) is 30.9 Å². The highest BCUT2D eigenvalue weighted by Crippen LogP contribution is 2.45. The fourth-order valence-corrected chi connectivity index (χ4v) is 3.70. The van der Waals surface area contributed by atoms with Crippen LogP contribution in [0, 0.1) is 5.82 Å². The fourth-order valence-electron chi connectivity index (χ4n) is 3.28. The number of fused-ring (bicyclic) bond motifs is 1. The lowest BCUT2D eigenvalue weighted by Gasteiger charge is -2.09. The molecule has 8 heteroatoms. The lowest BCUT2D eigenvalue weighted by molar-refractivity contribution is 0.190. The van der Waals surface area contributed by atoms with Gasteiger partial charge in [0.15, 0.2) is 5.82 Å². The molecule has 0 radical (unpaired) electrons. The molecule has 3 heterocycles. The molecule has 0 atom stereocenters.